The Kier molecular flexibility index (Phi) is 6.47. The zero-order valence-electron chi connectivity index (χ0n) is 9.90. The van der Waals surface area contributed by atoms with E-state index in [1.807, 2.05) is 0 Å². The van der Waals surface area contributed by atoms with Crippen LogP contribution in [0.25, 0.3) is 0 Å². The fourth-order valence-corrected chi connectivity index (χ4v) is 1.49. The predicted molar refractivity (Wildman–Crippen MR) is 79.3 cm³/mol. The molecule has 0 atom stereocenters. The van der Waals surface area contributed by atoms with Crippen LogP contribution >= 0.6 is 24.0 Å². The zero-order chi connectivity index (χ0) is 11.9. The van der Waals surface area contributed by atoms with E-state index >= 15 is 0 Å². The second kappa shape index (κ2) is 7.90. The van der Waals surface area contributed by atoms with Crippen molar-refractivity contribution < 1.29 is 4.79 Å². The van der Waals surface area contributed by atoms with E-state index in [1.165, 1.54) is 0 Å². The second-order valence-corrected chi connectivity index (χ2v) is 3.66. The fourth-order valence-electron chi connectivity index (χ4n) is 1.49. The molecule has 2 heterocycles. The summed E-state index contributed by atoms with van der Waals surface area (Å²) < 4.78 is 0. The quantitative estimate of drug-likeness (QED) is 0.436. The van der Waals surface area contributed by atoms with E-state index in [0.29, 0.717) is 18.8 Å². The monoisotopic (exact) mass is 364 g/mol. The van der Waals surface area contributed by atoms with Gasteiger partial charge >= 0.3 is 0 Å². The van der Waals surface area contributed by atoms with Gasteiger partial charge in [-0.25, -0.2) is 0 Å². The molecule has 0 radical (unpaired) electrons. The van der Waals surface area contributed by atoms with Gasteiger partial charge in [-0.1, -0.05) is 0 Å². The summed E-state index contributed by atoms with van der Waals surface area (Å²) in [6, 6.07) is 1.63. The second-order valence-electron chi connectivity index (χ2n) is 3.66. The Morgan fingerprint density at radius 3 is 3.00 bits per heavy atom. The van der Waals surface area contributed by atoms with Crippen LogP contribution in [0, 0.1) is 0 Å². The number of nitrogens with zero attached hydrogens (tertiary/aromatic N) is 2. The summed E-state index contributed by atoms with van der Waals surface area (Å²) in [5.41, 5.74) is 0.470. The Hall–Kier alpha value is -1.32. The number of carbonyl (C=O) groups is 1. The zero-order valence-corrected chi connectivity index (χ0v) is 12.2. The molecule has 1 aromatic rings. The summed E-state index contributed by atoms with van der Waals surface area (Å²) >= 11 is 0. The van der Waals surface area contributed by atoms with Crippen molar-refractivity contribution in [1.82, 2.24) is 26.1 Å². The number of carbonyl (C=O) groups excluding carboxylic acids is 1. The van der Waals surface area contributed by atoms with Crippen molar-refractivity contribution >= 4 is 35.8 Å². The first-order valence-corrected chi connectivity index (χ1v) is 5.66. The molecule has 18 heavy (non-hydrogen) atoms. The summed E-state index contributed by atoms with van der Waals surface area (Å²) in [6.45, 7) is 2.99. The van der Waals surface area contributed by atoms with Crippen LogP contribution in [-0.4, -0.2) is 48.2 Å². The van der Waals surface area contributed by atoms with Gasteiger partial charge in [-0.05, 0) is 12.5 Å². The number of nitrogens with one attached hydrogen (secondary N) is 4. The molecule has 1 amide bonds. The van der Waals surface area contributed by atoms with Gasteiger partial charge < -0.3 is 16.0 Å². The molecule has 0 fully saturated rings. The highest BCUT2D eigenvalue weighted by atomic mass is 127. The summed E-state index contributed by atoms with van der Waals surface area (Å²) in [5, 5.41) is 15.4. The van der Waals surface area contributed by atoms with Crippen LogP contribution in [0.5, 0.6) is 0 Å². The van der Waals surface area contributed by atoms with Crippen LogP contribution < -0.4 is 16.0 Å². The average Bonchev–Trinajstić information content (AvgIpc) is 2.89. The van der Waals surface area contributed by atoms with Gasteiger partial charge in [0, 0.05) is 32.4 Å². The lowest BCUT2D eigenvalue weighted by Crippen LogP contribution is -2.43. The maximum atomic E-state index is 11.5. The van der Waals surface area contributed by atoms with E-state index in [9.17, 15) is 4.79 Å². The van der Waals surface area contributed by atoms with Crippen molar-refractivity contribution in [2.24, 2.45) is 4.99 Å². The number of aromatic amines is 1. The molecule has 0 aliphatic carbocycles. The molecule has 100 valence electrons. The molecule has 1 aromatic heterocycles. The molecule has 8 heteroatoms. The number of guanidine groups is 1. The number of aromatic nitrogens is 2. The van der Waals surface area contributed by atoms with Crippen molar-refractivity contribution in [1.29, 1.82) is 0 Å². The molecular formula is C10H17IN6O. The largest absolute Gasteiger partial charge is 0.356 e. The van der Waals surface area contributed by atoms with Crippen LogP contribution in [0.15, 0.2) is 17.3 Å². The number of hydrogen-bond donors (Lipinski definition) is 4. The van der Waals surface area contributed by atoms with Crippen molar-refractivity contribution in [3.8, 4) is 0 Å². The Morgan fingerprint density at radius 1 is 1.44 bits per heavy atom. The van der Waals surface area contributed by atoms with E-state index in [0.717, 1.165) is 25.5 Å². The average molecular weight is 364 g/mol. The molecule has 2 rings (SSSR count). The molecule has 0 saturated carbocycles. The summed E-state index contributed by atoms with van der Waals surface area (Å²) in [7, 11) is 0. The van der Waals surface area contributed by atoms with Crippen LogP contribution in [0.3, 0.4) is 0 Å². The summed E-state index contributed by atoms with van der Waals surface area (Å²) in [4.78, 5) is 15.8. The summed E-state index contributed by atoms with van der Waals surface area (Å²) in [5.74, 6) is 0.662. The predicted octanol–water partition coefficient (Wildman–Crippen LogP) is -0.304. The van der Waals surface area contributed by atoms with E-state index in [1.54, 1.807) is 12.3 Å². The standard InChI is InChI=1S/C10H16N6O.HI/c17-9(8-2-5-15-16-8)11-6-7-14-10-12-3-1-4-13-10;/h2,5H,1,3-4,6-7H2,(H,11,17)(H,15,16)(H2,12,13,14);1H. The number of amides is 1. The lowest BCUT2D eigenvalue weighted by molar-refractivity contribution is 0.0949. The SMILES string of the molecule is I.O=C(NCCNC1=NCCCN1)c1ccn[nH]1. The van der Waals surface area contributed by atoms with Crippen molar-refractivity contribution in [3.05, 3.63) is 18.0 Å². The van der Waals surface area contributed by atoms with Crippen LogP contribution in [0.4, 0.5) is 0 Å². The highest BCUT2D eigenvalue weighted by Gasteiger charge is 2.06. The third-order valence-corrected chi connectivity index (χ3v) is 2.35. The maximum absolute atomic E-state index is 11.5. The third kappa shape index (κ3) is 4.51. The van der Waals surface area contributed by atoms with Gasteiger partial charge in [0.25, 0.3) is 5.91 Å². The number of halogens is 1. The first kappa shape index (κ1) is 14.7. The van der Waals surface area contributed by atoms with Gasteiger partial charge in [-0.15, -0.1) is 24.0 Å². The van der Waals surface area contributed by atoms with Crippen LogP contribution in [0.2, 0.25) is 0 Å². The molecule has 0 spiro atoms. The van der Waals surface area contributed by atoms with Gasteiger partial charge in [0.15, 0.2) is 5.96 Å². The molecule has 0 unspecified atom stereocenters. The van der Waals surface area contributed by atoms with Gasteiger partial charge in [0.2, 0.25) is 0 Å². The van der Waals surface area contributed by atoms with E-state index in [2.05, 4.69) is 31.1 Å². The van der Waals surface area contributed by atoms with Gasteiger partial charge in [0.1, 0.15) is 5.69 Å². The molecule has 0 saturated heterocycles. The molecule has 0 aromatic carbocycles. The first-order chi connectivity index (χ1) is 8.36. The Labute approximate surface area is 122 Å². The van der Waals surface area contributed by atoms with Gasteiger partial charge in [0.05, 0.1) is 0 Å². The number of rotatable bonds is 4. The van der Waals surface area contributed by atoms with E-state index < -0.39 is 0 Å². The van der Waals surface area contributed by atoms with Crippen molar-refractivity contribution in [2.75, 3.05) is 26.2 Å². The maximum Gasteiger partial charge on any atom is 0.269 e. The fraction of sp³-hybridized carbons (Fsp3) is 0.500. The van der Waals surface area contributed by atoms with Gasteiger partial charge in [-0.3, -0.25) is 14.9 Å². The summed E-state index contributed by atoms with van der Waals surface area (Å²) in [6.07, 6.45) is 2.62. The Balaban J connectivity index is 0.00000162. The van der Waals surface area contributed by atoms with E-state index in [-0.39, 0.29) is 29.9 Å². The minimum absolute atomic E-state index is 0. The lowest BCUT2D eigenvalue weighted by atomic mass is 10.4. The normalized spacial score (nSPS) is 13.9. The van der Waals surface area contributed by atoms with Crippen LogP contribution in [0.1, 0.15) is 16.9 Å². The Bertz CT molecular complexity index is 391. The minimum Gasteiger partial charge on any atom is -0.356 e. The molecule has 1 aliphatic rings. The third-order valence-electron chi connectivity index (χ3n) is 2.35. The molecule has 4 N–H and O–H groups in total. The first-order valence-electron chi connectivity index (χ1n) is 5.66. The van der Waals surface area contributed by atoms with E-state index in [4.69, 9.17) is 0 Å². The molecule has 7 nitrogen and oxygen atoms in total. The minimum atomic E-state index is -0.150. The number of hydrogen-bond acceptors (Lipinski definition) is 5. The number of aliphatic imine (C=N–C) groups is 1. The van der Waals surface area contributed by atoms with Gasteiger partial charge in [-0.2, -0.15) is 5.10 Å². The topological polar surface area (TPSA) is 94.2 Å². The highest BCUT2D eigenvalue weighted by Crippen LogP contribution is 1.90. The Morgan fingerprint density at radius 2 is 2.33 bits per heavy atom. The smallest absolute Gasteiger partial charge is 0.269 e. The van der Waals surface area contributed by atoms with Crippen molar-refractivity contribution in [3.63, 3.8) is 0 Å². The highest BCUT2D eigenvalue weighted by molar-refractivity contribution is 14.0. The molecular weight excluding hydrogens is 347 g/mol. The molecule has 1 aliphatic heterocycles. The number of H-pyrrole nitrogens is 1. The van der Waals surface area contributed by atoms with Crippen LogP contribution in [-0.2, 0) is 0 Å². The lowest BCUT2D eigenvalue weighted by Gasteiger charge is -2.15. The molecule has 0 bridgehead atoms. The van der Waals surface area contributed by atoms with Crippen molar-refractivity contribution in [2.45, 2.75) is 6.42 Å².